The summed E-state index contributed by atoms with van der Waals surface area (Å²) in [6.45, 7) is 5.63. The van der Waals surface area contributed by atoms with E-state index in [0.29, 0.717) is 5.92 Å². The Kier molecular flexibility index (Phi) is 3.28. The van der Waals surface area contributed by atoms with E-state index in [0.717, 1.165) is 0 Å². The molecule has 0 rings (SSSR count). The van der Waals surface area contributed by atoms with E-state index in [2.05, 4.69) is 0 Å². The normalized spacial score (nSPS) is 13.8. The number of aliphatic carboxylic acids is 1. The average Bonchev–Trinajstić information content (AvgIpc) is 1.63. The molecule has 0 bridgehead atoms. The second-order valence-electron chi connectivity index (χ2n) is 2.56. The van der Waals surface area contributed by atoms with Gasteiger partial charge in [-0.05, 0) is 12.3 Å². The highest BCUT2D eigenvalue weighted by Gasteiger charge is 2.11. The van der Waals surface area contributed by atoms with E-state index in [1.807, 2.05) is 20.3 Å². The SMILES string of the molecule is CC(C)[CH]C(C)C(=O)O. The molecular formula is C7H13O2. The maximum absolute atomic E-state index is 10.2. The van der Waals surface area contributed by atoms with Crippen LogP contribution in [0.15, 0.2) is 0 Å². The standard InChI is InChI=1S/C7H13O2/c1-5(2)4-6(3)7(8)9/h4-6H,1-3H3,(H,8,9). The number of carbonyl (C=O) groups is 1. The highest BCUT2D eigenvalue weighted by Crippen LogP contribution is 2.08. The first-order chi connectivity index (χ1) is 4.04. The summed E-state index contributed by atoms with van der Waals surface area (Å²) in [6.07, 6.45) is 1.81. The lowest BCUT2D eigenvalue weighted by Gasteiger charge is -2.06. The first-order valence-electron chi connectivity index (χ1n) is 3.12. The van der Waals surface area contributed by atoms with Crippen LogP contribution in [0.5, 0.6) is 0 Å². The quantitative estimate of drug-likeness (QED) is 0.628. The molecule has 1 unspecified atom stereocenters. The zero-order chi connectivity index (χ0) is 7.44. The lowest BCUT2D eigenvalue weighted by molar-refractivity contribution is -0.140. The van der Waals surface area contributed by atoms with Crippen molar-refractivity contribution < 1.29 is 9.90 Å². The van der Waals surface area contributed by atoms with Gasteiger partial charge in [0.2, 0.25) is 0 Å². The fourth-order valence-corrected chi connectivity index (χ4v) is 0.660. The average molecular weight is 129 g/mol. The van der Waals surface area contributed by atoms with E-state index in [1.165, 1.54) is 0 Å². The number of carboxylic acid groups (broad SMARTS) is 1. The van der Waals surface area contributed by atoms with Crippen molar-refractivity contribution in [3.05, 3.63) is 6.42 Å². The van der Waals surface area contributed by atoms with E-state index >= 15 is 0 Å². The molecule has 2 nitrogen and oxygen atoms in total. The van der Waals surface area contributed by atoms with Crippen LogP contribution in [-0.2, 0) is 4.79 Å². The second kappa shape index (κ2) is 3.49. The van der Waals surface area contributed by atoms with Crippen molar-refractivity contribution in [3.63, 3.8) is 0 Å². The molecule has 0 fully saturated rings. The molecule has 53 valence electrons. The third kappa shape index (κ3) is 4.01. The molecule has 0 aliphatic heterocycles. The Balaban J connectivity index is 3.50. The summed E-state index contributed by atoms with van der Waals surface area (Å²) in [5.41, 5.74) is 0. The van der Waals surface area contributed by atoms with Gasteiger partial charge in [-0.1, -0.05) is 20.8 Å². The van der Waals surface area contributed by atoms with Crippen LogP contribution in [0.4, 0.5) is 0 Å². The first-order valence-corrected chi connectivity index (χ1v) is 3.12. The van der Waals surface area contributed by atoms with Crippen molar-refractivity contribution in [1.29, 1.82) is 0 Å². The van der Waals surface area contributed by atoms with E-state index in [-0.39, 0.29) is 5.92 Å². The lowest BCUT2D eigenvalue weighted by Crippen LogP contribution is -2.12. The van der Waals surface area contributed by atoms with Gasteiger partial charge in [0.25, 0.3) is 0 Å². The predicted molar refractivity (Wildman–Crippen MR) is 35.9 cm³/mol. The number of rotatable bonds is 3. The predicted octanol–water partition coefficient (Wildman–Crippen LogP) is 1.57. The van der Waals surface area contributed by atoms with Crippen LogP contribution in [0.3, 0.4) is 0 Å². The molecule has 0 aliphatic carbocycles. The highest BCUT2D eigenvalue weighted by atomic mass is 16.4. The summed E-state index contributed by atoms with van der Waals surface area (Å²) in [4.78, 5) is 10.2. The van der Waals surface area contributed by atoms with Gasteiger partial charge < -0.3 is 5.11 Å². The Labute approximate surface area is 55.9 Å². The largest absolute Gasteiger partial charge is 0.481 e. The number of carboxylic acids is 1. The summed E-state index contributed by atoms with van der Waals surface area (Å²) in [6, 6.07) is 0. The van der Waals surface area contributed by atoms with Crippen molar-refractivity contribution >= 4 is 5.97 Å². The summed E-state index contributed by atoms with van der Waals surface area (Å²) < 4.78 is 0. The molecule has 0 saturated carbocycles. The first kappa shape index (κ1) is 8.47. The minimum Gasteiger partial charge on any atom is -0.481 e. The van der Waals surface area contributed by atoms with Crippen molar-refractivity contribution in [2.75, 3.05) is 0 Å². The minimum atomic E-state index is -0.747. The van der Waals surface area contributed by atoms with E-state index in [9.17, 15) is 4.79 Å². The molecule has 0 spiro atoms. The highest BCUT2D eigenvalue weighted by molar-refractivity contribution is 5.70. The van der Waals surface area contributed by atoms with Gasteiger partial charge in [-0.25, -0.2) is 0 Å². The maximum atomic E-state index is 10.2. The van der Waals surface area contributed by atoms with Crippen LogP contribution in [0, 0.1) is 18.3 Å². The van der Waals surface area contributed by atoms with Crippen molar-refractivity contribution in [2.45, 2.75) is 20.8 Å². The molecule has 9 heavy (non-hydrogen) atoms. The van der Waals surface area contributed by atoms with E-state index in [4.69, 9.17) is 5.11 Å². The Morgan fingerprint density at radius 2 is 1.89 bits per heavy atom. The molecule has 1 atom stereocenters. The molecule has 0 aliphatic rings. The Morgan fingerprint density at radius 1 is 1.44 bits per heavy atom. The molecule has 2 heteroatoms. The van der Waals surface area contributed by atoms with Gasteiger partial charge in [-0.15, -0.1) is 0 Å². The van der Waals surface area contributed by atoms with Crippen LogP contribution in [0.1, 0.15) is 20.8 Å². The summed E-state index contributed by atoms with van der Waals surface area (Å²) in [5.74, 6) is -0.704. The monoisotopic (exact) mass is 129 g/mol. The second-order valence-corrected chi connectivity index (χ2v) is 2.56. The fourth-order valence-electron chi connectivity index (χ4n) is 0.660. The molecule has 1 N–H and O–H groups in total. The fraction of sp³-hybridized carbons (Fsp3) is 0.714. The van der Waals surface area contributed by atoms with Gasteiger partial charge in [0.15, 0.2) is 0 Å². The number of hydrogen-bond acceptors (Lipinski definition) is 1. The third-order valence-electron chi connectivity index (χ3n) is 1.06. The molecule has 0 aromatic carbocycles. The lowest BCUT2D eigenvalue weighted by atomic mass is 9.99. The maximum Gasteiger partial charge on any atom is 0.306 e. The summed E-state index contributed by atoms with van der Waals surface area (Å²) in [7, 11) is 0. The molecule has 1 radical (unpaired) electrons. The smallest absolute Gasteiger partial charge is 0.306 e. The Hall–Kier alpha value is -0.530. The van der Waals surface area contributed by atoms with Crippen LogP contribution in [-0.4, -0.2) is 11.1 Å². The van der Waals surface area contributed by atoms with E-state index in [1.54, 1.807) is 6.92 Å². The number of hydrogen-bond donors (Lipinski definition) is 1. The summed E-state index contributed by atoms with van der Waals surface area (Å²) in [5, 5.41) is 8.40. The van der Waals surface area contributed by atoms with E-state index < -0.39 is 5.97 Å². The van der Waals surface area contributed by atoms with Crippen molar-refractivity contribution in [3.8, 4) is 0 Å². The molecule has 0 saturated heterocycles. The Bertz CT molecular complexity index is 97.1. The van der Waals surface area contributed by atoms with Gasteiger partial charge in [0.05, 0.1) is 5.92 Å². The topological polar surface area (TPSA) is 37.3 Å². The van der Waals surface area contributed by atoms with Crippen LogP contribution >= 0.6 is 0 Å². The third-order valence-corrected chi connectivity index (χ3v) is 1.06. The molecule has 0 amide bonds. The summed E-state index contributed by atoms with van der Waals surface area (Å²) >= 11 is 0. The van der Waals surface area contributed by atoms with Gasteiger partial charge in [-0.2, -0.15) is 0 Å². The molecule has 0 aromatic rings. The van der Waals surface area contributed by atoms with Gasteiger partial charge in [-0.3, -0.25) is 4.79 Å². The zero-order valence-corrected chi connectivity index (χ0v) is 6.09. The Morgan fingerprint density at radius 3 is 2.00 bits per heavy atom. The van der Waals surface area contributed by atoms with Gasteiger partial charge in [0, 0.05) is 0 Å². The molecule has 0 aromatic heterocycles. The van der Waals surface area contributed by atoms with Crippen molar-refractivity contribution in [2.24, 2.45) is 11.8 Å². The zero-order valence-electron chi connectivity index (χ0n) is 6.09. The minimum absolute atomic E-state index is 0.315. The van der Waals surface area contributed by atoms with Crippen LogP contribution < -0.4 is 0 Å². The van der Waals surface area contributed by atoms with Crippen LogP contribution in [0.2, 0.25) is 0 Å². The van der Waals surface area contributed by atoms with Gasteiger partial charge >= 0.3 is 5.97 Å². The molecular weight excluding hydrogens is 116 g/mol. The van der Waals surface area contributed by atoms with Gasteiger partial charge in [0.1, 0.15) is 0 Å². The molecule has 0 heterocycles. The van der Waals surface area contributed by atoms with Crippen LogP contribution in [0.25, 0.3) is 0 Å². The van der Waals surface area contributed by atoms with Crippen molar-refractivity contribution in [1.82, 2.24) is 0 Å².